The number of benzene rings is 2. The molecule has 0 spiro atoms. The van der Waals surface area contributed by atoms with Crippen molar-refractivity contribution in [2.24, 2.45) is 0 Å². The van der Waals surface area contributed by atoms with Gasteiger partial charge >= 0.3 is 12.1 Å². The largest absolute Gasteiger partial charge is 0.337 e. The summed E-state index contributed by atoms with van der Waals surface area (Å²) in [7, 11) is 0. The van der Waals surface area contributed by atoms with Crippen molar-refractivity contribution < 1.29 is 9.59 Å². The number of unbranched alkanes of at least 4 members (excludes halogenated alkanes) is 1. The first kappa shape index (κ1) is 16.5. The maximum Gasteiger partial charge on any atom is 0.334 e. The molecule has 0 saturated heterocycles. The molecule has 5 nitrogen and oxygen atoms in total. The van der Waals surface area contributed by atoms with Crippen LogP contribution in [0.25, 0.3) is 0 Å². The van der Waals surface area contributed by atoms with E-state index >= 15 is 0 Å². The van der Waals surface area contributed by atoms with E-state index in [0.717, 1.165) is 17.7 Å². The molecule has 0 atom stereocenters. The number of rotatable bonds is 5. The number of hydrogen-bond donors (Lipinski definition) is 2. The van der Waals surface area contributed by atoms with Gasteiger partial charge in [0.05, 0.1) is 5.69 Å². The molecule has 0 aliphatic carbocycles. The summed E-state index contributed by atoms with van der Waals surface area (Å²) in [6, 6.07) is 17.0. The van der Waals surface area contributed by atoms with Crippen LogP contribution in [0.2, 0.25) is 0 Å². The highest BCUT2D eigenvalue weighted by Crippen LogP contribution is 2.16. The summed E-state index contributed by atoms with van der Waals surface area (Å²) in [6.07, 6.45) is 1.84. The third kappa shape index (κ3) is 4.85. The Morgan fingerprint density at radius 2 is 1.52 bits per heavy atom. The van der Waals surface area contributed by atoms with Gasteiger partial charge in [0.2, 0.25) is 0 Å². The summed E-state index contributed by atoms with van der Waals surface area (Å²) in [4.78, 5) is 26.1. The Morgan fingerprint density at radius 1 is 0.913 bits per heavy atom. The molecule has 4 amide bonds. The Hall–Kier alpha value is -2.82. The number of nitrogens with one attached hydrogen (secondary N) is 2. The number of hydrogen-bond acceptors (Lipinski definition) is 2. The van der Waals surface area contributed by atoms with Gasteiger partial charge in [-0.1, -0.05) is 49.7 Å². The molecule has 0 saturated carbocycles. The molecule has 5 heteroatoms. The standard InChI is InChI=1S/C18H21N3O2/c1-2-3-14-19-17(22)21(16-12-8-5-9-13-16)18(23)20-15-10-6-4-7-11-15/h4-13H,2-3,14H2,1H3,(H,19,22)(H,20,23). The number of anilines is 2. The lowest BCUT2D eigenvalue weighted by atomic mass is 10.3. The summed E-state index contributed by atoms with van der Waals surface area (Å²) < 4.78 is 0. The van der Waals surface area contributed by atoms with Crippen molar-refractivity contribution >= 4 is 23.4 Å². The normalized spacial score (nSPS) is 9.96. The Bertz CT molecular complexity index is 629. The number of carbonyl (C=O) groups excluding carboxylic acids is 2. The van der Waals surface area contributed by atoms with E-state index in [1.165, 1.54) is 0 Å². The van der Waals surface area contributed by atoms with Crippen LogP contribution in [-0.4, -0.2) is 18.6 Å². The number of amides is 4. The second kappa shape index (κ2) is 8.58. The number of para-hydroxylation sites is 2. The van der Waals surface area contributed by atoms with Crippen LogP contribution >= 0.6 is 0 Å². The molecule has 0 aliphatic heterocycles. The maximum atomic E-state index is 12.5. The predicted molar refractivity (Wildman–Crippen MR) is 92.7 cm³/mol. The van der Waals surface area contributed by atoms with Crippen molar-refractivity contribution in [2.75, 3.05) is 16.8 Å². The highest BCUT2D eigenvalue weighted by atomic mass is 16.2. The number of nitrogens with zero attached hydrogens (tertiary/aromatic N) is 1. The number of carbonyl (C=O) groups is 2. The van der Waals surface area contributed by atoms with E-state index in [2.05, 4.69) is 10.6 Å². The minimum atomic E-state index is -0.489. The molecule has 0 fully saturated rings. The van der Waals surface area contributed by atoms with Gasteiger partial charge in [0.25, 0.3) is 0 Å². The zero-order valence-corrected chi connectivity index (χ0v) is 13.2. The molecular formula is C18H21N3O2. The lowest BCUT2D eigenvalue weighted by molar-refractivity contribution is 0.239. The first-order valence-corrected chi connectivity index (χ1v) is 7.71. The number of imide groups is 1. The van der Waals surface area contributed by atoms with Crippen LogP contribution in [0.4, 0.5) is 21.0 Å². The fourth-order valence-corrected chi connectivity index (χ4v) is 2.06. The van der Waals surface area contributed by atoms with Crippen molar-refractivity contribution in [1.82, 2.24) is 5.32 Å². The van der Waals surface area contributed by atoms with Gasteiger partial charge in [0, 0.05) is 12.2 Å². The third-order valence-corrected chi connectivity index (χ3v) is 3.25. The van der Waals surface area contributed by atoms with Crippen molar-refractivity contribution in [3.05, 3.63) is 60.7 Å². The molecule has 2 rings (SSSR count). The molecule has 2 aromatic rings. The fraction of sp³-hybridized carbons (Fsp3) is 0.222. The van der Waals surface area contributed by atoms with Gasteiger partial charge in [-0.2, -0.15) is 0 Å². The fourth-order valence-electron chi connectivity index (χ4n) is 2.06. The second-order valence-corrected chi connectivity index (χ2v) is 5.05. The van der Waals surface area contributed by atoms with Gasteiger partial charge in [-0.15, -0.1) is 0 Å². The van der Waals surface area contributed by atoms with Crippen LogP contribution in [0.15, 0.2) is 60.7 Å². The van der Waals surface area contributed by atoms with Crippen LogP contribution < -0.4 is 15.5 Å². The lowest BCUT2D eigenvalue weighted by Gasteiger charge is -2.21. The van der Waals surface area contributed by atoms with Gasteiger partial charge in [0.15, 0.2) is 0 Å². The lowest BCUT2D eigenvalue weighted by Crippen LogP contribution is -2.46. The zero-order valence-electron chi connectivity index (χ0n) is 13.2. The zero-order chi connectivity index (χ0) is 16.5. The second-order valence-electron chi connectivity index (χ2n) is 5.05. The third-order valence-electron chi connectivity index (χ3n) is 3.25. The monoisotopic (exact) mass is 311 g/mol. The van der Waals surface area contributed by atoms with E-state index in [0.29, 0.717) is 17.9 Å². The molecule has 2 N–H and O–H groups in total. The Morgan fingerprint density at radius 3 is 2.13 bits per heavy atom. The van der Waals surface area contributed by atoms with E-state index in [-0.39, 0.29) is 0 Å². The van der Waals surface area contributed by atoms with Crippen LogP contribution in [0.3, 0.4) is 0 Å². The Kier molecular flexibility index (Phi) is 6.17. The molecule has 0 unspecified atom stereocenters. The highest BCUT2D eigenvalue weighted by molar-refractivity contribution is 6.17. The predicted octanol–water partition coefficient (Wildman–Crippen LogP) is 4.23. The maximum absolute atomic E-state index is 12.5. The van der Waals surface area contributed by atoms with Gasteiger partial charge in [-0.05, 0) is 30.7 Å². The molecule has 0 radical (unpaired) electrons. The van der Waals surface area contributed by atoms with Crippen molar-refractivity contribution in [3.63, 3.8) is 0 Å². The van der Waals surface area contributed by atoms with Gasteiger partial charge in [-0.3, -0.25) is 0 Å². The summed E-state index contributed by atoms with van der Waals surface area (Å²) >= 11 is 0. The Labute approximate surface area is 136 Å². The Balaban J connectivity index is 2.16. The molecule has 2 aromatic carbocycles. The van der Waals surface area contributed by atoms with Crippen LogP contribution in [-0.2, 0) is 0 Å². The van der Waals surface area contributed by atoms with Gasteiger partial charge in [-0.25, -0.2) is 14.5 Å². The number of urea groups is 2. The molecule has 0 heterocycles. The minimum absolute atomic E-state index is 0.432. The van der Waals surface area contributed by atoms with Crippen LogP contribution in [0, 0.1) is 0 Å². The van der Waals surface area contributed by atoms with E-state index in [9.17, 15) is 9.59 Å². The van der Waals surface area contributed by atoms with E-state index in [4.69, 9.17) is 0 Å². The average molecular weight is 311 g/mol. The molecule has 0 aliphatic rings. The van der Waals surface area contributed by atoms with Crippen LogP contribution in [0.1, 0.15) is 19.8 Å². The van der Waals surface area contributed by atoms with E-state index in [1.807, 2.05) is 31.2 Å². The molecular weight excluding hydrogens is 290 g/mol. The molecule has 23 heavy (non-hydrogen) atoms. The first-order valence-electron chi connectivity index (χ1n) is 7.71. The summed E-state index contributed by atoms with van der Waals surface area (Å²) in [5.74, 6) is 0. The summed E-state index contributed by atoms with van der Waals surface area (Å²) in [5, 5.41) is 5.51. The van der Waals surface area contributed by atoms with Gasteiger partial charge in [0.1, 0.15) is 0 Å². The molecule has 0 bridgehead atoms. The first-order chi connectivity index (χ1) is 11.2. The summed E-state index contributed by atoms with van der Waals surface area (Å²) in [6.45, 7) is 2.58. The topological polar surface area (TPSA) is 61.4 Å². The van der Waals surface area contributed by atoms with E-state index < -0.39 is 12.1 Å². The van der Waals surface area contributed by atoms with Crippen molar-refractivity contribution in [3.8, 4) is 0 Å². The van der Waals surface area contributed by atoms with Gasteiger partial charge < -0.3 is 10.6 Å². The van der Waals surface area contributed by atoms with E-state index in [1.54, 1.807) is 36.4 Å². The summed E-state index contributed by atoms with van der Waals surface area (Å²) in [5.41, 5.74) is 1.16. The SMILES string of the molecule is CCCCNC(=O)N(C(=O)Nc1ccccc1)c1ccccc1. The average Bonchev–Trinajstić information content (AvgIpc) is 2.57. The highest BCUT2D eigenvalue weighted by Gasteiger charge is 2.23. The molecule has 0 aromatic heterocycles. The van der Waals surface area contributed by atoms with Crippen molar-refractivity contribution in [1.29, 1.82) is 0 Å². The smallest absolute Gasteiger partial charge is 0.334 e. The van der Waals surface area contributed by atoms with Crippen molar-refractivity contribution in [2.45, 2.75) is 19.8 Å². The quantitative estimate of drug-likeness (QED) is 0.812. The van der Waals surface area contributed by atoms with Crippen LogP contribution in [0.5, 0.6) is 0 Å². The minimum Gasteiger partial charge on any atom is -0.337 e. The molecule has 120 valence electrons.